The number of benzene rings is 1. The largest absolute Gasteiger partial charge is 0.418 e. The van der Waals surface area contributed by atoms with Crippen LogP contribution in [0.3, 0.4) is 0 Å². The van der Waals surface area contributed by atoms with Crippen molar-refractivity contribution >= 4 is 26.6 Å². The first-order chi connectivity index (χ1) is 11.4. The molecule has 0 amide bonds. The number of nitrogens with one attached hydrogen (secondary N) is 3. The summed E-state index contributed by atoms with van der Waals surface area (Å²) in [7, 11) is -3.98. The van der Waals surface area contributed by atoms with Gasteiger partial charge in [0.05, 0.1) is 29.3 Å². The van der Waals surface area contributed by atoms with Crippen LogP contribution in [0.15, 0.2) is 21.7 Å². The Labute approximate surface area is 138 Å². The Morgan fingerprint density at radius 2 is 1.92 bits per heavy atom. The Bertz CT molecular complexity index is 1030. The number of fused-ring (bicyclic) bond motifs is 1. The highest BCUT2D eigenvalue weighted by atomic mass is 32.2. The minimum Gasteiger partial charge on any atom is -0.395 e. The van der Waals surface area contributed by atoms with Gasteiger partial charge in [-0.2, -0.15) is 17.8 Å². The fourth-order valence-corrected chi connectivity index (χ4v) is 2.58. The van der Waals surface area contributed by atoms with Gasteiger partial charge >= 0.3 is 11.9 Å². The second-order valence-corrected chi connectivity index (χ2v) is 6.75. The number of sulfonamides is 1. The number of aliphatic hydroxyl groups excluding tert-OH is 1. The molecule has 0 bridgehead atoms. The van der Waals surface area contributed by atoms with E-state index in [1.54, 1.807) is 4.83 Å². The summed E-state index contributed by atoms with van der Waals surface area (Å²) in [5.41, 5.74) is -4.46. The molecule has 138 valence electrons. The zero-order chi connectivity index (χ0) is 19.0. The third-order valence-corrected chi connectivity index (χ3v) is 3.54. The number of H-pyrrole nitrogens is 1. The molecular formula is C12H13F3N4O5S. The van der Waals surface area contributed by atoms with Crippen LogP contribution < -0.4 is 21.4 Å². The summed E-state index contributed by atoms with van der Waals surface area (Å²) in [6.07, 6.45) is -4.09. The summed E-state index contributed by atoms with van der Waals surface area (Å²) >= 11 is 0. The van der Waals surface area contributed by atoms with Crippen molar-refractivity contribution in [2.45, 2.75) is 6.18 Å². The number of rotatable bonds is 5. The lowest BCUT2D eigenvalue weighted by Gasteiger charge is -2.16. The number of halogens is 3. The van der Waals surface area contributed by atoms with E-state index in [0.29, 0.717) is 12.3 Å². The van der Waals surface area contributed by atoms with Crippen LogP contribution in [-0.2, 0) is 16.2 Å². The van der Waals surface area contributed by atoms with Crippen LogP contribution in [0, 0.1) is 0 Å². The molecular weight excluding hydrogens is 369 g/mol. The average molecular weight is 382 g/mol. The van der Waals surface area contributed by atoms with Gasteiger partial charge in [-0.3, -0.25) is 4.79 Å². The van der Waals surface area contributed by atoms with Gasteiger partial charge in [0, 0.05) is 12.2 Å². The number of nitrogens with zero attached hydrogens (tertiary/aromatic N) is 1. The van der Waals surface area contributed by atoms with Crippen LogP contribution in [-0.4, -0.2) is 42.6 Å². The smallest absolute Gasteiger partial charge is 0.395 e. The van der Waals surface area contributed by atoms with E-state index in [4.69, 9.17) is 5.11 Å². The molecule has 0 atom stereocenters. The topological polar surface area (TPSA) is 133 Å². The van der Waals surface area contributed by atoms with E-state index in [1.807, 2.05) is 4.98 Å². The van der Waals surface area contributed by atoms with Gasteiger partial charge in [0.1, 0.15) is 0 Å². The normalized spacial score (nSPS) is 12.4. The van der Waals surface area contributed by atoms with Crippen molar-refractivity contribution in [2.24, 2.45) is 0 Å². The van der Waals surface area contributed by atoms with Crippen molar-refractivity contribution in [2.75, 3.05) is 29.6 Å². The second-order valence-electron chi connectivity index (χ2n) is 5.03. The Morgan fingerprint density at radius 3 is 2.44 bits per heavy atom. The third-order valence-electron chi connectivity index (χ3n) is 3.03. The second kappa shape index (κ2) is 6.40. The molecule has 2 aromatic rings. The maximum absolute atomic E-state index is 13.1. The molecule has 1 aromatic heterocycles. The molecule has 0 aliphatic heterocycles. The molecule has 25 heavy (non-hydrogen) atoms. The van der Waals surface area contributed by atoms with E-state index in [1.165, 1.54) is 0 Å². The molecule has 0 unspecified atom stereocenters. The molecule has 1 aromatic carbocycles. The Hall–Kier alpha value is -2.54. The molecule has 0 saturated heterocycles. The van der Waals surface area contributed by atoms with Crippen LogP contribution >= 0.6 is 0 Å². The quantitative estimate of drug-likeness (QED) is 0.557. The van der Waals surface area contributed by atoms with Gasteiger partial charge in [-0.25, -0.2) is 18.0 Å². The molecule has 2 rings (SSSR count). The van der Waals surface area contributed by atoms with Crippen LogP contribution in [0.1, 0.15) is 5.56 Å². The van der Waals surface area contributed by atoms with Gasteiger partial charge < -0.3 is 15.4 Å². The van der Waals surface area contributed by atoms with Crippen LogP contribution in [0.2, 0.25) is 0 Å². The first kappa shape index (κ1) is 18.8. The van der Waals surface area contributed by atoms with Gasteiger partial charge in [0.15, 0.2) is 0 Å². The number of aromatic nitrogens is 2. The predicted octanol–water partition coefficient (Wildman–Crippen LogP) is -0.384. The molecule has 4 N–H and O–H groups in total. The van der Waals surface area contributed by atoms with Crippen molar-refractivity contribution < 1.29 is 26.7 Å². The molecule has 0 spiro atoms. The zero-order valence-electron chi connectivity index (χ0n) is 12.6. The summed E-state index contributed by atoms with van der Waals surface area (Å²) in [6.45, 7) is -0.672. The minimum absolute atomic E-state index is 0.140. The van der Waals surface area contributed by atoms with Crippen molar-refractivity contribution in [3.8, 4) is 0 Å². The maximum Gasteiger partial charge on any atom is 0.418 e. The summed E-state index contributed by atoms with van der Waals surface area (Å²) < 4.78 is 62.0. The summed E-state index contributed by atoms with van der Waals surface area (Å²) in [5, 5.41) is 10.7. The molecule has 0 fully saturated rings. The fourth-order valence-electron chi connectivity index (χ4n) is 2.08. The lowest BCUT2D eigenvalue weighted by Crippen LogP contribution is -2.43. The van der Waals surface area contributed by atoms with E-state index in [2.05, 4.69) is 5.32 Å². The molecule has 1 heterocycles. The summed E-state index contributed by atoms with van der Waals surface area (Å²) in [6, 6.07) is 1.38. The zero-order valence-corrected chi connectivity index (χ0v) is 13.5. The third kappa shape index (κ3) is 4.11. The lowest BCUT2D eigenvalue weighted by molar-refractivity contribution is -0.136. The highest BCUT2D eigenvalue weighted by molar-refractivity contribution is 7.91. The van der Waals surface area contributed by atoms with Gasteiger partial charge in [0.2, 0.25) is 10.0 Å². The highest BCUT2D eigenvalue weighted by Crippen LogP contribution is 2.36. The fraction of sp³-hybridized carbons (Fsp3) is 0.333. The summed E-state index contributed by atoms with van der Waals surface area (Å²) in [4.78, 5) is 27.8. The molecule has 0 radical (unpaired) electrons. The number of anilines is 1. The Kier molecular flexibility index (Phi) is 4.81. The maximum atomic E-state index is 13.1. The number of hydrogen-bond donors (Lipinski definition) is 4. The van der Waals surface area contributed by atoms with Gasteiger partial charge in [-0.1, -0.05) is 0 Å². The number of aromatic amines is 1. The van der Waals surface area contributed by atoms with E-state index < -0.39 is 50.8 Å². The number of hydrogen-bond acceptors (Lipinski definition) is 6. The molecule has 0 saturated carbocycles. The first-order valence-electron chi connectivity index (χ1n) is 6.67. The molecule has 0 aliphatic rings. The monoisotopic (exact) mass is 382 g/mol. The van der Waals surface area contributed by atoms with E-state index in [9.17, 15) is 31.2 Å². The van der Waals surface area contributed by atoms with Crippen LogP contribution in [0.25, 0.3) is 10.9 Å². The molecule has 13 heteroatoms. The van der Waals surface area contributed by atoms with Crippen molar-refractivity contribution in [1.82, 2.24) is 9.66 Å². The molecule has 0 aliphatic carbocycles. The highest BCUT2D eigenvalue weighted by Gasteiger charge is 2.34. The predicted molar refractivity (Wildman–Crippen MR) is 83.6 cm³/mol. The standard InChI is InChI=1S/C12H13F3N4O5S/c1-25(23,24)18-19-10(21)6-4-9(16-2-3-20)7(12(13,14)15)5-8(6)17-11(19)22/h4-5,16,18,20H,2-3H2,1H3,(H,17,22). The lowest BCUT2D eigenvalue weighted by atomic mass is 10.1. The van der Waals surface area contributed by atoms with Gasteiger partial charge in [0.25, 0.3) is 5.56 Å². The Balaban J connectivity index is 2.80. The van der Waals surface area contributed by atoms with Crippen molar-refractivity contribution in [1.29, 1.82) is 0 Å². The van der Waals surface area contributed by atoms with Gasteiger partial charge in [-0.15, -0.1) is 0 Å². The summed E-state index contributed by atoms with van der Waals surface area (Å²) in [5.74, 6) is 0. The number of aliphatic hydroxyl groups is 1. The van der Waals surface area contributed by atoms with E-state index in [0.717, 1.165) is 6.07 Å². The minimum atomic E-state index is -4.79. The number of alkyl halides is 3. The SMILES string of the molecule is CS(=O)(=O)Nn1c(=O)[nH]c2cc(C(F)(F)F)c(NCCO)cc2c1=O. The Morgan fingerprint density at radius 1 is 1.28 bits per heavy atom. The van der Waals surface area contributed by atoms with Crippen molar-refractivity contribution in [3.05, 3.63) is 38.5 Å². The molecule has 9 nitrogen and oxygen atoms in total. The first-order valence-corrected chi connectivity index (χ1v) is 8.56. The van der Waals surface area contributed by atoms with Gasteiger partial charge in [-0.05, 0) is 12.1 Å². The van der Waals surface area contributed by atoms with Crippen molar-refractivity contribution in [3.63, 3.8) is 0 Å². The van der Waals surface area contributed by atoms with Crippen LogP contribution in [0.5, 0.6) is 0 Å². The average Bonchev–Trinajstić information content (AvgIpc) is 2.47. The van der Waals surface area contributed by atoms with E-state index >= 15 is 0 Å². The van der Waals surface area contributed by atoms with E-state index in [-0.39, 0.29) is 16.6 Å². The van der Waals surface area contributed by atoms with Crippen LogP contribution in [0.4, 0.5) is 18.9 Å².